The van der Waals surface area contributed by atoms with E-state index in [-0.39, 0.29) is 5.69 Å². The van der Waals surface area contributed by atoms with Crippen molar-refractivity contribution in [2.45, 2.75) is 6.54 Å². The fourth-order valence-electron chi connectivity index (χ4n) is 1.14. The van der Waals surface area contributed by atoms with Crippen LogP contribution in [0.2, 0.25) is 0 Å². The van der Waals surface area contributed by atoms with Crippen LogP contribution in [0.3, 0.4) is 0 Å². The lowest BCUT2D eigenvalue weighted by Gasteiger charge is -2.03. The molecule has 0 saturated heterocycles. The number of furan rings is 1. The number of hydrogen-bond donors (Lipinski definition) is 2. The van der Waals surface area contributed by atoms with Crippen LogP contribution >= 0.6 is 0 Å². The minimum Gasteiger partial charge on any atom is -0.476 e. The molecule has 2 rings (SSSR count). The van der Waals surface area contributed by atoms with Crippen molar-refractivity contribution < 1.29 is 14.3 Å². The maximum Gasteiger partial charge on any atom is 0.356 e. The van der Waals surface area contributed by atoms with Gasteiger partial charge in [-0.2, -0.15) is 0 Å². The van der Waals surface area contributed by atoms with Gasteiger partial charge in [-0.05, 0) is 6.07 Å². The van der Waals surface area contributed by atoms with Crippen molar-refractivity contribution in [3.63, 3.8) is 0 Å². The number of carboxylic acid groups (broad SMARTS) is 1. The number of hydrogen-bond acceptors (Lipinski definition) is 5. The Morgan fingerprint density at radius 1 is 1.50 bits per heavy atom. The van der Waals surface area contributed by atoms with Crippen molar-refractivity contribution >= 4 is 11.8 Å². The van der Waals surface area contributed by atoms with Crippen LogP contribution in [0.1, 0.15) is 16.1 Å². The molecule has 16 heavy (non-hydrogen) atoms. The Kier molecular flexibility index (Phi) is 2.81. The third-order valence-electron chi connectivity index (χ3n) is 1.91. The number of aromatic nitrogens is 2. The zero-order valence-corrected chi connectivity index (χ0v) is 8.25. The molecule has 0 aromatic carbocycles. The van der Waals surface area contributed by atoms with Crippen molar-refractivity contribution in [2.24, 2.45) is 0 Å². The number of anilines is 1. The summed E-state index contributed by atoms with van der Waals surface area (Å²) in [4.78, 5) is 18.3. The summed E-state index contributed by atoms with van der Waals surface area (Å²) in [6, 6.07) is 1.81. The summed E-state index contributed by atoms with van der Waals surface area (Å²) in [6.07, 6.45) is 5.83. The van der Waals surface area contributed by atoms with Gasteiger partial charge in [-0.15, -0.1) is 0 Å². The first-order valence-electron chi connectivity index (χ1n) is 4.56. The molecule has 0 unspecified atom stereocenters. The molecule has 82 valence electrons. The van der Waals surface area contributed by atoms with Crippen molar-refractivity contribution in [1.82, 2.24) is 9.97 Å². The molecule has 0 bridgehead atoms. The van der Waals surface area contributed by atoms with E-state index in [2.05, 4.69) is 15.3 Å². The molecular formula is C10H9N3O3. The maximum absolute atomic E-state index is 10.6. The van der Waals surface area contributed by atoms with Gasteiger partial charge in [0.05, 0.1) is 24.9 Å². The van der Waals surface area contributed by atoms with Crippen molar-refractivity contribution in [3.8, 4) is 0 Å². The molecule has 2 N–H and O–H groups in total. The number of rotatable bonds is 4. The fraction of sp³-hybridized carbons (Fsp3) is 0.100. The van der Waals surface area contributed by atoms with Crippen LogP contribution in [-0.4, -0.2) is 21.0 Å². The Morgan fingerprint density at radius 3 is 3.06 bits per heavy atom. The average Bonchev–Trinajstić information content (AvgIpc) is 2.79. The summed E-state index contributed by atoms with van der Waals surface area (Å²) in [6.45, 7) is 0.508. The third kappa shape index (κ3) is 2.35. The van der Waals surface area contributed by atoms with E-state index in [1.807, 2.05) is 6.07 Å². The minimum atomic E-state index is -1.10. The molecule has 2 aromatic rings. The highest BCUT2D eigenvalue weighted by molar-refractivity contribution is 5.85. The van der Waals surface area contributed by atoms with Crippen molar-refractivity contribution in [3.05, 3.63) is 42.2 Å². The van der Waals surface area contributed by atoms with Crippen LogP contribution in [0.25, 0.3) is 0 Å². The lowest BCUT2D eigenvalue weighted by atomic mass is 10.3. The monoisotopic (exact) mass is 219 g/mol. The van der Waals surface area contributed by atoms with Gasteiger partial charge in [0, 0.05) is 12.1 Å². The molecule has 0 radical (unpaired) electrons. The maximum atomic E-state index is 10.6. The Bertz CT molecular complexity index is 482. The normalized spacial score (nSPS) is 10.0. The largest absolute Gasteiger partial charge is 0.476 e. The van der Waals surface area contributed by atoms with E-state index in [4.69, 9.17) is 9.52 Å². The molecule has 6 nitrogen and oxygen atoms in total. The van der Waals surface area contributed by atoms with Gasteiger partial charge in [-0.1, -0.05) is 0 Å². The Balaban J connectivity index is 2.04. The summed E-state index contributed by atoms with van der Waals surface area (Å²) < 4.78 is 4.89. The van der Waals surface area contributed by atoms with E-state index in [0.717, 1.165) is 5.56 Å². The van der Waals surface area contributed by atoms with Gasteiger partial charge in [-0.25, -0.2) is 9.78 Å². The predicted molar refractivity (Wildman–Crippen MR) is 55.0 cm³/mol. The van der Waals surface area contributed by atoms with E-state index in [9.17, 15) is 4.79 Å². The molecule has 6 heteroatoms. The predicted octanol–water partition coefficient (Wildman–Crippen LogP) is 1.38. The lowest BCUT2D eigenvalue weighted by molar-refractivity contribution is 0.0690. The van der Waals surface area contributed by atoms with Crippen LogP contribution in [0.5, 0.6) is 0 Å². The smallest absolute Gasteiger partial charge is 0.356 e. The number of nitrogens with one attached hydrogen (secondary N) is 1. The molecule has 0 aliphatic carbocycles. The summed E-state index contributed by atoms with van der Waals surface area (Å²) in [5.74, 6) is -0.680. The first kappa shape index (κ1) is 10.2. The molecule has 0 aliphatic heterocycles. The first-order chi connectivity index (χ1) is 7.75. The fourth-order valence-corrected chi connectivity index (χ4v) is 1.14. The number of carboxylic acids is 1. The second kappa shape index (κ2) is 4.43. The highest BCUT2D eigenvalue weighted by Gasteiger charge is 2.05. The summed E-state index contributed by atoms with van der Waals surface area (Å²) in [5, 5.41) is 11.7. The molecular weight excluding hydrogens is 210 g/mol. The van der Waals surface area contributed by atoms with Gasteiger partial charge < -0.3 is 14.8 Å². The number of carbonyl (C=O) groups is 1. The van der Waals surface area contributed by atoms with E-state index >= 15 is 0 Å². The molecule has 0 fully saturated rings. The molecule has 0 aliphatic rings. The van der Waals surface area contributed by atoms with Crippen LogP contribution in [0.4, 0.5) is 5.82 Å². The minimum absolute atomic E-state index is 0.0859. The van der Waals surface area contributed by atoms with Gasteiger partial charge in [-0.3, -0.25) is 4.98 Å². The van der Waals surface area contributed by atoms with Crippen LogP contribution in [0, 0.1) is 0 Å². The quantitative estimate of drug-likeness (QED) is 0.807. The average molecular weight is 219 g/mol. The summed E-state index contributed by atoms with van der Waals surface area (Å²) >= 11 is 0. The zero-order valence-electron chi connectivity index (χ0n) is 8.25. The van der Waals surface area contributed by atoms with Gasteiger partial charge in [0.1, 0.15) is 5.82 Å². The lowest BCUT2D eigenvalue weighted by Crippen LogP contribution is -2.06. The van der Waals surface area contributed by atoms with E-state index in [1.54, 1.807) is 12.5 Å². The highest BCUT2D eigenvalue weighted by atomic mass is 16.4. The molecule has 0 amide bonds. The second-order valence-electron chi connectivity index (χ2n) is 3.08. The third-order valence-corrected chi connectivity index (χ3v) is 1.91. The molecule has 0 atom stereocenters. The number of aromatic carboxylic acids is 1. The van der Waals surface area contributed by atoms with Gasteiger partial charge >= 0.3 is 5.97 Å². The van der Waals surface area contributed by atoms with Gasteiger partial charge in [0.2, 0.25) is 0 Å². The Hall–Kier alpha value is -2.37. The molecule has 0 saturated carbocycles. The topological polar surface area (TPSA) is 88.2 Å². The van der Waals surface area contributed by atoms with E-state index in [0.29, 0.717) is 12.4 Å². The van der Waals surface area contributed by atoms with Crippen LogP contribution < -0.4 is 5.32 Å². The highest BCUT2D eigenvalue weighted by Crippen LogP contribution is 2.06. The van der Waals surface area contributed by atoms with Crippen LogP contribution in [0.15, 0.2) is 35.4 Å². The second-order valence-corrected chi connectivity index (χ2v) is 3.08. The molecule has 0 spiro atoms. The van der Waals surface area contributed by atoms with Gasteiger partial charge in [0.25, 0.3) is 0 Å². The standard InChI is InChI=1S/C10H9N3O3/c14-10(15)8-4-11-5-9(13-8)12-3-7-1-2-16-6-7/h1-2,4-6H,3H2,(H,12,13)(H,14,15). The number of nitrogens with zero attached hydrogens (tertiary/aromatic N) is 2. The Morgan fingerprint density at radius 2 is 2.38 bits per heavy atom. The SMILES string of the molecule is O=C(O)c1cncc(NCc2ccoc2)n1. The zero-order chi connectivity index (χ0) is 11.4. The van der Waals surface area contributed by atoms with Crippen molar-refractivity contribution in [2.75, 3.05) is 5.32 Å². The van der Waals surface area contributed by atoms with E-state index in [1.165, 1.54) is 12.4 Å². The van der Waals surface area contributed by atoms with E-state index < -0.39 is 5.97 Å². The van der Waals surface area contributed by atoms with Crippen LogP contribution in [-0.2, 0) is 6.54 Å². The summed E-state index contributed by atoms with van der Waals surface area (Å²) in [5.41, 5.74) is 0.861. The van der Waals surface area contributed by atoms with Gasteiger partial charge in [0.15, 0.2) is 5.69 Å². The molecule has 2 aromatic heterocycles. The van der Waals surface area contributed by atoms with Crippen molar-refractivity contribution in [1.29, 1.82) is 0 Å². The first-order valence-corrected chi connectivity index (χ1v) is 4.56. The molecule has 2 heterocycles. The Labute approximate surface area is 91.0 Å². The summed E-state index contributed by atoms with van der Waals surface area (Å²) in [7, 11) is 0.